The van der Waals surface area contributed by atoms with Crippen LogP contribution in [-0.4, -0.2) is 36.2 Å². The van der Waals surface area contributed by atoms with Crippen LogP contribution in [0.4, 0.5) is 4.39 Å². The van der Waals surface area contributed by atoms with E-state index < -0.39 is 25.9 Å². The molecule has 2 fully saturated rings. The van der Waals surface area contributed by atoms with Gasteiger partial charge < -0.3 is 9.84 Å². The monoisotopic (exact) mass is 328 g/mol. The van der Waals surface area contributed by atoms with Gasteiger partial charge in [0.1, 0.15) is 11.6 Å². The molecule has 6 heteroatoms. The van der Waals surface area contributed by atoms with Crippen molar-refractivity contribution < 1.29 is 22.7 Å². The van der Waals surface area contributed by atoms with Crippen LogP contribution >= 0.6 is 0 Å². The summed E-state index contributed by atoms with van der Waals surface area (Å²) in [6.07, 6.45) is 3.24. The molecule has 0 radical (unpaired) electrons. The molecular formula is C16H21FO4S. The van der Waals surface area contributed by atoms with Gasteiger partial charge in [-0.15, -0.1) is 0 Å². The molecule has 3 rings (SSSR count). The molecule has 2 aliphatic heterocycles. The summed E-state index contributed by atoms with van der Waals surface area (Å²) in [4.78, 5) is 0. The van der Waals surface area contributed by atoms with E-state index in [0.717, 1.165) is 6.42 Å². The standard InChI is InChI=1S/C16H21FO4S/c17-12-4-6-13(7-5-12)21-9-8-16(18)10-14-2-1-3-15(11-16)22(14,19)20/h4-7,14-15,18H,1-3,8-11H2. The molecule has 0 saturated carbocycles. The van der Waals surface area contributed by atoms with Gasteiger partial charge in [0.05, 0.1) is 22.7 Å². The summed E-state index contributed by atoms with van der Waals surface area (Å²) in [5.74, 6) is 0.227. The number of aliphatic hydroxyl groups is 1. The van der Waals surface area contributed by atoms with Crippen LogP contribution in [-0.2, 0) is 9.84 Å². The van der Waals surface area contributed by atoms with Crippen LogP contribution in [0.3, 0.4) is 0 Å². The smallest absolute Gasteiger partial charge is 0.156 e. The lowest BCUT2D eigenvalue weighted by atomic mass is 9.83. The molecular weight excluding hydrogens is 307 g/mol. The van der Waals surface area contributed by atoms with E-state index in [1.54, 1.807) is 12.1 Å². The predicted molar refractivity (Wildman–Crippen MR) is 81.0 cm³/mol. The lowest BCUT2D eigenvalue weighted by Crippen LogP contribution is -2.52. The van der Waals surface area contributed by atoms with Gasteiger partial charge in [-0.05, 0) is 49.9 Å². The molecule has 2 aliphatic rings. The van der Waals surface area contributed by atoms with Crippen LogP contribution in [0.15, 0.2) is 24.3 Å². The lowest BCUT2D eigenvalue weighted by molar-refractivity contribution is -0.00846. The van der Waals surface area contributed by atoms with E-state index in [1.165, 1.54) is 12.1 Å². The average molecular weight is 328 g/mol. The SMILES string of the molecule is O=S1(=O)C2CCCC1CC(O)(CCOc1ccc(F)cc1)C2. The maximum Gasteiger partial charge on any atom is 0.156 e. The van der Waals surface area contributed by atoms with E-state index in [0.29, 0.717) is 44.5 Å². The summed E-state index contributed by atoms with van der Waals surface area (Å²) in [6.45, 7) is 0.293. The second-order valence-corrected chi connectivity index (χ2v) is 8.96. The van der Waals surface area contributed by atoms with Crippen LogP contribution < -0.4 is 4.74 Å². The number of hydrogen-bond acceptors (Lipinski definition) is 4. The van der Waals surface area contributed by atoms with Gasteiger partial charge in [0.15, 0.2) is 9.84 Å². The number of fused-ring (bicyclic) bond motifs is 2. The molecule has 0 spiro atoms. The van der Waals surface area contributed by atoms with Crippen LogP contribution in [0.25, 0.3) is 0 Å². The number of sulfone groups is 1. The fraction of sp³-hybridized carbons (Fsp3) is 0.625. The van der Waals surface area contributed by atoms with E-state index >= 15 is 0 Å². The number of benzene rings is 1. The number of ether oxygens (including phenoxy) is 1. The minimum atomic E-state index is -3.06. The van der Waals surface area contributed by atoms with Crippen molar-refractivity contribution in [2.75, 3.05) is 6.61 Å². The van der Waals surface area contributed by atoms with Crippen molar-refractivity contribution >= 4 is 9.84 Å². The highest BCUT2D eigenvalue weighted by Crippen LogP contribution is 2.42. The fourth-order valence-corrected chi connectivity index (χ4v) is 6.25. The maximum atomic E-state index is 12.8. The average Bonchev–Trinajstić information content (AvgIpc) is 2.43. The Balaban J connectivity index is 1.59. The van der Waals surface area contributed by atoms with Gasteiger partial charge >= 0.3 is 0 Å². The second-order valence-electron chi connectivity index (χ2n) is 6.45. The number of hydrogen-bond donors (Lipinski definition) is 1. The Hall–Kier alpha value is -1.14. The van der Waals surface area contributed by atoms with Gasteiger partial charge in [-0.1, -0.05) is 6.42 Å². The first kappa shape index (κ1) is 15.7. The van der Waals surface area contributed by atoms with Crippen molar-refractivity contribution in [2.24, 2.45) is 0 Å². The van der Waals surface area contributed by atoms with Gasteiger partial charge in [-0.3, -0.25) is 0 Å². The van der Waals surface area contributed by atoms with Crippen molar-refractivity contribution in [3.8, 4) is 5.75 Å². The maximum absolute atomic E-state index is 12.8. The molecule has 1 aromatic rings. The van der Waals surface area contributed by atoms with Gasteiger partial charge in [-0.2, -0.15) is 0 Å². The summed E-state index contributed by atoms with van der Waals surface area (Å²) >= 11 is 0. The molecule has 2 saturated heterocycles. The van der Waals surface area contributed by atoms with Gasteiger partial charge in [0.2, 0.25) is 0 Å². The normalized spacial score (nSPS) is 33.4. The Morgan fingerprint density at radius 2 is 1.77 bits per heavy atom. The van der Waals surface area contributed by atoms with Crippen molar-refractivity contribution in [3.05, 3.63) is 30.1 Å². The van der Waals surface area contributed by atoms with Gasteiger partial charge in [0, 0.05) is 6.42 Å². The molecule has 22 heavy (non-hydrogen) atoms. The molecule has 0 aromatic heterocycles. The molecule has 0 amide bonds. The molecule has 1 N–H and O–H groups in total. The summed E-state index contributed by atoms with van der Waals surface area (Å²) in [5.41, 5.74) is -0.971. The molecule has 2 unspecified atom stereocenters. The first-order valence-corrected chi connectivity index (χ1v) is 9.33. The Kier molecular flexibility index (Phi) is 4.16. The quantitative estimate of drug-likeness (QED) is 0.922. The first-order chi connectivity index (χ1) is 10.4. The topological polar surface area (TPSA) is 63.6 Å². The van der Waals surface area contributed by atoms with E-state index in [9.17, 15) is 17.9 Å². The Bertz CT molecular complexity index is 606. The zero-order valence-electron chi connectivity index (χ0n) is 12.4. The van der Waals surface area contributed by atoms with Crippen LogP contribution in [0, 0.1) is 5.82 Å². The zero-order chi connectivity index (χ0) is 15.8. The third-order valence-corrected chi connectivity index (χ3v) is 7.51. The van der Waals surface area contributed by atoms with E-state index in [-0.39, 0.29) is 5.82 Å². The van der Waals surface area contributed by atoms with Crippen molar-refractivity contribution in [3.63, 3.8) is 0 Å². The predicted octanol–water partition coefficient (Wildman–Crippen LogP) is 2.46. The highest BCUT2D eigenvalue weighted by molar-refractivity contribution is 7.92. The van der Waals surface area contributed by atoms with E-state index in [1.807, 2.05) is 0 Å². The molecule has 122 valence electrons. The van der Waals surface area contributed by atoms with E-state index in [2.05, 4.69) is 0 Å². The summed E-state index contributed by atoms with van der Waals surface area (Å²) in [7, 11) is -3.06. The van der Waals surface area contributed by atoms with Crippen LogP contribution in [0.5, 0.6) is 5.75 Å². The Labute approximate surface area is 130 Å². The second kappa shape index (κ2) is 5.81. The summed E-state index contributed by atoms with van der Waals surface area (Å²) < 4.78 is 42.8. The van der Waals surface area contributed by atoms with Crippen molar-refractivity contribution in [2.45, 2.75) is 54.6 Å². The molecule has 1 aromatic carbocycles. The highest BCUT2D eigenvalue weighted by Gasteiger charge is 2.49. The lowest BCUT2D eigenvalue weighted by Gasteiger charge is -2.43. The molecule has 4 nitrogen and oxygen atoms in total. The fourth-order valence-electron chi connectivity index (χ4n) is 3.64. The highest BCUT2D eigenvalue weighted by atomic mass is 32.2. The third kappa shape index (κ3) is 3.13. The molecule has 2 atom stereocenters. The van der Waals surface area contributed by atoms with Gasteiger partial charge in [-0.25, -0.2) is 12.8 Å². The van der Waals surface area contributed by atoms with Crippen molar-refractivity contribution in [1.29, 1.82) is 0 Å². The number of rotatable bonds is 4. The third-order valence-electron chi connectivity index (χ3n) is 4.85. The largest absolute Gasteiger partial charge is 0.493 e. The minimum Gasteiger partial charge on any atom is -0.493 e. The summed E-state index contributed by atoms with van der Waals surface area (Å²) in [6, 6.07) is 5.72. The molecule has 2 bridgehead atoms. The molecule has 2 heterocycles. The van der Waals surface area contributed by atoms with Crippen molar-refractivity contribution in [1.82, 2.24) is 0 Å². The van der Waals surface area contributed by atoms with E-state index in [4.69, 9.17) is 4.74 Å². The van der Waals surface area contributed by atoms with Crippen LogP contribution in [0.2, 0.25) is 0 Å². The molecule has 0 aliphatic carbocycles. The Morgan fingerprint density at radius 1 is 1.18 bits per heavy atom. The van der Waals surface area contributed by atoms with Gasteiger partial charge in [0.25, 0.3) is 0 Å². The Morgan fingerprint density at radius 3 is 2.36 bits per heavy atom. The number of halogens is 1. The first-order valence-electron chi connectivity index (χ1n) is 7.73. The summed E-state index contributed by atoms with van der Waals surface area (Å²) in [5, 5.41) is 9.91. The zero-order valence-corrected chi connectivity index (χ0v) is 13.2. The minimum absolute atomic E-state index is 0.293. The van der Waals surface area contributed by atoms with Crippen LogP contribution in [0.1, 0.15) is 38.5 Å².